The lowest BCUT2D eigenvalue weighted by Crippen LogP contribution is -2.30. The maximum Gasteiger partial charge on any atom is 0.226 e. The van der Waals surface area contributed by atoms with Gasteiger partial charge in [-0.15, -0.1) is 0 Å². The average Bonchev–Trinajstić information content (AvgIpc) is 2.86. The number of likely N-dealkylation sites (tertiary alicyclic amines) is 1. The maximum absolute atomic E-state index is 11.8. The van der Waals surface area contributed by atoms with E-state index < -0.39 is 0 Å². The van der Waals surface area contributed by atoms with Gasteiger partial charge < -0.3 is 19.5 Å². The Kier molecular flexibility index (Phi) is 4.63. The zero-order valence-electron chi connectivity index (χ0n) is 11.0. The first-order valence-electron chi connectivity index (χ1n) is 6.41. The number of hydrogen-bond acceptors (Lipinski definition) is 4. The summed E-state index contributed by atoms with van der Waals surface area (Å²) < 4.78 is 10.5. The van der Waals surface area contributed by atoms with Gasteiger partial charge in [-0.05, 0) is 30.7 Å². The Bertz CT molecular complexity index is 418. The van der Waals surface area contributed by atoms with Crippen LogP contribution in [0.2, 0.25) is 0 Å². The van der Waals surface area contributed by atoms with E-state index in [-0.39, 0.29) is 12.0 Å². The highest BCUT2D eigenvalue weighted by Gasteiger charge is 2.23. The van der Waals surface area contributed by atoms with E-state index >= 15 is 0 Å². The van der Waals surface area contributed by atoms with Crippen molar-refractivity contribution in [3.05, 3.63) is 24.3 Å². The topological polar surface area (TPSA) is 59.0 Å². The molecule has 0 aromatic heterocycles. The molecular formula is C14H19NO4. The Morgan fingerprint density at radius 3 is 2.63 bits per heavy atom. The molecule has 1 aliphatic heterocycles. The summed E-state index contributed by atoms with van der Waals surface area (Å²) in [5.74, 6) is 1.52. The number of aliphatic hydroxyl groups excluding tert-OH is 1. The maximum atomic E-state index is 11.8. The molecule has 1 saturated heterocycles. The van der Waals surface area contributed by atoms with Gasteiger partial charge in [0.2, 0.25) is 5.91 Å². The molecule has 1 aliphatic rings. The fourth-order valence-corrected chi connectivity index (χ4v) is 2.05. The summed E-state index contributed by atoms with van der Waals surface area (Å²) in [7, 11) is 1.61. The summed E-state index contributed by atoms with van der Waals surface area (Å²) in [5.41, 5.74) is 0. The molecule has 0 spiro atoms. The van der Waals surface area contributed by atoms with Gasteiger partial charge in [0.15, 0.2) is 0 Å². The second-order valence-electron chi connectivity index (χ2n) is 4.56. The van der Waals surface area contributed by atoms with Crippen LogP contribution < -0.4 is 9.47 Å². The predicted molar refractivity (Wildman–Crippen MR) is 70.3 cm³/mol. The zero-order chi connectivity index (χ0) is 13.7. The van der Waals surface area contributed by atoms with E-state index in [4.69, 9.17) is 9.47 Å². The Labute approximate surface area is 112 Å². The van der Waals surface area contributed by atoms with Gasteiger partial charge in [-0.2, -0.15) is 0 Å². The minimum absolute atomic E-state index is 0.0325. The van der Waals surface area contributed by atoms with Gasteiger partial charge in [-0.1, -0.05) is 0 Å². The molecule has 0 unspecified atom stereocenters. The molecule has 0 bridgehead atoms. The fraction of sp³-hybridized carbons (Fsp3) is 0.500. The SMILES string of the molecule is COc1ccc(OCCC(=O)N2CC[C@@H](O)C2)cc1. The molecule has 2 rings (SSSR count). The summed E-state index contributed by atoms with van der Waals surface area (Å²) in [6.07, 6.45) is 0.635. The van der Waals surface area contributed by atoms with Crippen LogP contribution in [-0.4, -0.2) is 48.8 Å². The van der Waals surface area contributed by atoms with Crippen LogP contribution >= 0.6 is 0 Å². The second-order valence-corrected chi connectivity index (χ2v) is 4.56. The van der Waals surface area contributed by atoms with Crippen LogP contribution in [-0.2, 0) is 4.79 Å². The van der Waals surface area contributed by atoms with Gasteiger partial charge in [0.25, 0.3) is 0 Å². The zero-order valence-corrected chi connectivity index (χ0v) is 11.0. The van der Waals surface area contributed by atoms with Crippen molar-refractivity contribution in [2.75, 3.05) is 26.8 Å². The predicted octanol–water partition coefficient (Wildman–Crippen LogP) is 1.06. The molecule has 5 heteroatoms. The largest absolute Gasteiger partial charge is 0.497 e. The molecule has 19 heavy (non-hydrogen) atoms. The molecule has 0 aliphatic carbocycles. The number of aliphatic hydroxyl groups is 1. The molecular weight excluding hydrogens is 246 g/mol. The van der Waals surface area contributed by atoms with E-state index in [0.717, 1.165) is 11.5 Å². The molecule has 0 saturated carbocycles. The number of methoxy groups -OCH3 is 1. The molecule has 1 amide bonds. The van der Waals surface area contributed by atoms with Crippen LogP contribution in [0.15, 0.2) is 24.3 Å². The number of amides is 1. The van der Waals surface area contributed by atoms with E-state index in [1.807, 2.05) is 24.3 Å². The van der Waals surface area contributed by atoms with Crippen LogP contribution in [0.3, 0.4) is 0 Å². The van der Waals surface area contributed by atoms with Gasteiger partial charge >= 0.3 is 0 Å². The molecule has 1 fully saturated rings. The number of carbonyl (C=O) groups is 1. The van der Waals surface area contributed by atoms with Gasteiger partial charge in [-0.25, -0.2) is 0 Å². The Hall–Kier alpha value is -1.75. The van der Waals surface area contributed by atoms with E-state index in [1.54, 1.807) is 12.0 Å². The van der Waals surface area contributed by atoms with Crippen LogP contribution in [0, 0.1) is 0 Å². The molecule has 104 valence electrons. The monoisotopic (exact) mass is 265 g/mol. The number of ether oxygens (including phenoxy) is 2. The number of carbonyl (C=O) groups excluding carboxylic acids is 1. The van der Waals surface area contributed by atoms with Crippen molar-refractivity contribution in [2.24, 2.45) is 0 Å². The smallest absolute Gasteiger partial charge is 0.226 e. The number of nitrogens with zero attached hydrogens (tertiary/aromatic N) is 1. The quantitative estimate of drug-likeness (QED) is 0.864. The Morgan fingerprint density at radius 2 is 2.05 bits per heavy atom. The standard InChI is InChI=1S/C14H19NO4/c1-18-12-2-4-13(5-3-12)19-9-7-14(17)15-8-6-11(16)10-15/h2-5,11,16H,6-10H2,1H3/t11-/m1/s1. The lowest BCUT2D eigenvalue weighted by Gasteiger charge is -2.15. The lowest BCUT2D eigenvalue weighted by molar-refractivity contribution is -0.131. The molecule has 1 N–H and O–H groups in total. The van der Waals surface area contributed by atoms with Crippen molar-refractivity contribution in [1.82, 2.24) is 4.90 Å². The van der Waals surface area contributed by atoms with Crippen LogP contribution in [0.1, 0.15) is 12.8 Å². The summed E-state index contributed by atoms with van der Waals surface area (Å²) in [6.45, 7) is 1.43. The summed E-state index contributed by atoms with van der Waals surface area (Å²) in [5, 5.41) is 9.36. The Balaban J connectivity index is 1.72. The summed E-state index contributed by atoms with van der Waals surface area (Å²) >= 11 is 0. The molecule has 1 aromatic carbocycles. The highest BCUT2D eigenvalue weighted by Crippen LogP contribution is 2.17. The summed E-state index contributed by atoms with van der Waals surface area (Å²) in [6, 6.07) is 7.24. The van der Waals surface area contributed by atoms with E-state index in [1.165, 1.54) is 0 Å². The van der Waals surface area contributed by atoms with Crippen molar-refractivity contribution >= 4 is 5.91 Å². The minimum Gasteiger partial charge on any atom is -0.497 e. The van der Waals surface area contributed by atoms with Crippen molar-refractivity contribution in [3.8, 4) is 11.5 Å². The normalized spacial score (nSPS) is 18.4. The second kappa shape index (κ2) is 6.43. The third-order valence-electron chi connectivity index (χ3n) is 3.16. The number of hydrogen-bond donors (Lipinski definition) is 1. The third-order valence-corrected chi connectivity index (χ3v) is 3.16. The molecule has 0 radical (unpaired) electrons. The van der Waals surface area contributed by atoms with Crippen molar-refractivity contribution in [2.45, 2.75) is 18.9 Å². The Morgan fingerprint density at radius 1 is 1.37 bits per heavy atom. The first-order valence-corrected chi connectivity index (χ1v) is 6.41. The number of β-amino-alcohol motifs (C(OH)–C–C–N with tert-alkyl or cyclic N) is 1. The van der Waals surface area contributed by atoms with E-state index in [9.17, 15) is 9.90 Å². The van der Waals surface area contributed by atoms with Gasteiger partial charge in [-0.3, -0.25) is 4.79 Å². The third kappa shape index (κ3) is 3.86. The molecule has 1 aromatic rings. The molecule has 5 nitrogen and oxygen atoms in total. The summed E-state index contributed by atoms with van der Waals surface area (Å²) in [4.78, 5) is 13.5. The van der Waals surface area contributed by atoms with Gasteiger partial charge in [0.05, 0.1) is 26.2 Å². The number of rotatable bonds is 5. The van der Waals surface area contributed by atoms with E-state index in [2.05, 4.69) is 0 Å². The van der Waals surface area contributed by atoms with Crippen molar-refractivity contribution in [3.63, 3.8) is 0 Å². The first-order chi connectivity index (χ1) is 9.19. The van der Waals surface area contributed by atoms with Crippen LogP contribution in [0.5, 0.6) is 11.5 Å². The fourth-order valence-electron chi connectivity index (χ4n) is 2.05. The minimum atomic E-state index is -0.369. The highest BCUT2D eigenvalue weighted by atomic mass is 16.5. The molecule has 1 heterocycles. The van der Waals surface area contributed by atoms with Crippen molar-refractivity contribution < 1.29 is 19.4 Å². The lowest BCUT2D eigenvalue weighted by atomic mass is 10.3. The van der Waals surface area contributed by atoms with Crippen molar-refractivity contribution in [1.29, 1.82) is 0 Å². The highest BCUT2D eigenvalue weighted by molar-refractivity contribution is 5.76. The number of benzene rings is 1. The van der Waals surface area contributed by atoms with Gasteiger partial charge in [0.1, 0.15) is 11.5 Å². The van der Waals surface area contributed by atoms with E-state index in [0.29, 0.717) is 32.5 Å². The first kappa shape index (κ1) is 13.7. The van der Waals surface area contributed by atoms with Crippen LogP contribution in [0.25, 0.3) is 0 Å². The average molecular weight is 265 g/mol. The van der Waals surface area contributed by atoms with Crippen LogP contribution in [0.4, 0.5) is 0 Å². The molecule has 1 atom stereocenters. The van der Waals surface area contributed by atoms with Gasteiger partial charge in [0, 0.05) is 13.1 Å².